The molecule has 0 aliphatic carbocycles. The van der Waals surface area contributed by atoms with Crippen LogP contribution >= 0.6 is 0 Å². The number of sulfone groups is 1. The molecule has 6 nitrogen and oxygen atoms in total. The number of rotatable bonds is 6. The fourth-order valence-electron chi connectivity index (χ4n) is 3.72. The molecule has 29 heavy (non-hydrogen) atoms. The molecular formula is C22H27NO5S. The number of primary amides is 1. The van der Waals surface area contributed by atoms with Crippen molar-refractivity contribution >= 4 is 15.7 Å². The third-order valence-corrected chi connectivity index (χ3v) is 7.97. The largest absolute Gasteiger partial charge is 0.385 e. The van der Waals surface area contributed by atoms with Crippen molar-refractivity contribution in [1.29, 1.82) is 0 Å². The van der Waals surface area contributed by atoms with Gasteiger partial charge in [-0.15, -0.1) is 0 Å². The summed E-state index contributed by atoms with van der Waals surface area (Å²) < 4.78 is 30.4. The molecule has 0 saturated carbocycles. The lowest BCUT2D eigenvalue weighted by Crippen LogP contribution is -2.46. The molecule has 2 aromatic rings. The highest BCUT2D eigenvalue weighted by Crippen LogP contribution is 2.38. The van der Waals surface area contributed by atoms with Crippen LogP contribution in [-0.4, -0.2) is 43.6 Å². The van der Waals surface area contributed by atoms with E-state index in [-0.39, 0.29) is 12.4 Å². The molecule has 0 spiro atoms. The van der Waals surface area contributed by atoms with E-state index in [2.05, 4.69) is 0 Å². The minimum absolute atomic E-state index is 0.132. The van der Waals surface area contributed by atoms with Crippen LogP contribution in [0.3, 0.4) is 0 Å². The third kappa shape index (κ3) is 4.37. The van der Waals surface area contributed by atoms with Crippen LogP contribution in [0.4, 0.5) is 0 Å². The molecule has 2 aromatic carbocycles. The lowest BCUT2D eigenvalue weighted by molar-refractivity contribution is -0.110. The molecule has 0 unspecified atom stereocenters. The van der Waals surface area contributed by atoms with Gasteiger partial charge in [-0.2, -0.15) is 0 Å². The number of aliphatic hydroxyl groups is 1. The molecule has 0 aromatic heterocycles. The highest BCUT2D eigenvalue weighted by Gasteiger charge is 2.43. The molecule has 7 heteroatoms. The summed E-state index contributed by atoms with van der Waals surface area (Å²) in [6.07, 6.45) is 0.322. The van der Waals surface area contributed by atoms with E-state index in [0.717, 1.165) is 5.56 Å². The Morgan fingerprint density at radius 3 is 2.48 bits per heavy atom. The minimum atomic E-state index is -3.33. The van der Waals surface area contributed by atoms with Gasteiger partial charge in [-0.05, 0) is 36.6 Å². The summed E-state index contributed by atoms with van der Waals surface area (Å²) in [6, 6.07) is 14.3. The van der Waals surface area contributed by atoms with E-state index in [4.69, 9.17) is 10.5 Å². The van der Waals surface area contributed by atoms with Crippen LogP contribution in [0.1, 0.15) is 36.2 Å². The van der Waals surface area contributed by atoms with Gasteiger partial charge in [0.15, 0.2) is 9.84 Å². The van der Waals surface area contributed by atoms with Gasteiger partial charge in [0.2, 0.25) is 5.91 Å². The highest BCUT2D eigenvalue weighted by atomic mass is 32.2. The number of hydrogen-bond donors (Lipinski definition) is 2. The highest BCUT2D eigenvalue weighted by molar-refractivity contribution is 7.91. The standard InChI is InChI=1S/C22H27NO5S/c1-15(2)29(26,27)14-18-13-28-12-11-22(18,25)17-9-7-16(8-10-17)19-5-3-4-6-20(19)21(23)24/h3-10,15,18,25H,11-14H2,1-2H3,(H2,23,24)/t18-,22+/m0/s1. The Kier molecular flexibility index (Phi) is 6.12. The van der Waals surface area contributed by atoms with Crippen molar-refractivity contribution in [3.05, 3.63) is 59.7 Å². The zero-order chi connectivity index (χ0) is 21.2. The third-order valence-electron chi connectivity index (χ3n) is 5.66. The fourth-order valence-corrected chi connectivity index (χ4v) is 5.04. The van der Waals surface area contributed by atoms with Crippen molar-refractivity contribution in [2.75, 3.05) is 19.0 Å². The zero-order valence-corrected chi connectivity index (χ0v) is 17.5. The Bertz CT molecular complexity index is 985. The zero-order valence-electron chi connectivity index (χ0n) is 16.7. The predicted molar refractivity (Wildman–Crippen MR) is 112 cm³/mol. The lowest BCUT2D eigenvalue weighted by atomic mass is 9.78. The average molecular weight is 418 g/mol. The Labute approximate surface area is 171 Å². The first-order chi connectivity index (χ1) is 13.6. The maximum atomic E-state index is 12.4. The minimum Gasteiger partial charge on any atom is -0.385 e. The van der Waals surface area contributed by atoms with Crippen LogP contribution in [0.15, 0.2) is 48.5 Å². The maximum absolute atomic E-state index is 12.4. The molecule has 2 atom stereocenters. The normalized spacial score (nSPS) is 22.6. The van der Waals surface area contributed by atoms with Crippen LogP contribution in [0.5, 0.6) is 0 Å². The van der Waals surface area contributed by atoms with Crippen molar-refractivity contribution in [3.63, 3.8) is 0 Å². The van der Waals surface area contributed by atoms with Crippen molar-refractivity contribution in [2.45, 2.75) is 31.1 Å². The predicted octanol–water partition coefficient (Wildman–Crippen LogP) is 2.50. The first-order valence-electron chi connectivity index (χ1n) is 9.66. The van der Waals surface area contributed by atoms with Crippen molar-refractivity contribution in [2.24, 2.45) is 11.7 Å². The lowest BCUT2D eigenvalue weighted by Gasteiger charge is -2.40. The SMILES string of the molecule is CC(C)S(=O)(=O)C[C@@H]1COCC[C@@]1(O)c1ccc(-c2ccccc2C(N)=O)cc1. The molecular weight excluding hydrogens is 390 g/mol. The van der Waals surface area contributed by atoms with Crippen LogP contribution in [-0.2, 0) is 20.2 Å². The number of carbonyl (C=O) groups excluding carboxylic acids is 1. The molecule has 1 amide bonds. The topological polar surface area (TPSA) is 107 Å². The Morgan fingerprint density at radius 2 is 1.86 bits per heavy atom. The summed E-state index contributed by atoms with van der Waals surface area (Å²) in [5.41, 5.74) is 6.76. The molecule has 0 radical (unpaired) electrons. The van der Waals surface area contributed by atoms with Gasteiger partial charge >= 0.3 is 0 Å². The van der Waals surface area contributed by atoms with E-state index < -0.39 is 32.5 Å². The first-order valence-corrected chi connectivity index (χ1v) is 11.4. The van der Waals surface area contributed by atoms with E-state index >= 15 is 0 Å². The van der Waals surface area contributed by atoms with Gasteiger partial charge in [0.25, 0.3) is 0 Å². The fraction of sp³-hybridized carbons (Fsp3) is 0.409. The second kappa shape index (κ2) is 8.26. The van der Waals surface area contributed by atoms with Gasteiger partial charge in [0.1, 0.15) is 0 Å². The van der Waals surface area contributed by atoms with Crippen molar-refractivity contribution < 1.29 is 23.1 Å². The van der Waals surface area contributed by atoms with Gasteiger partial charge < -0.3 is 15.6 Å². The summed E-state index contributed by atoms with van der Waals surface area (Å²) in [5, 5.41) is 10.9. The number of ether oxygens (including phenoxy) is 1. The smallest absolute Gasteiger partial charge is 0.249 e. The molecule has 1 saturated heterocycles. The van der Waals surface area contributed by atoms with Gasteiger partial charge in [-0.1, -0.05) is 42.5 Å². The maximum Gasteiger partial charge on any atom is 0.249 e. The van der Waals surface area contributed by atoms with Crippen molar-refractivity contribution in [3.8, 4) is 11.1 Å². The molecule has 3 rings (SSSR count). The Morgan fingerprint density at radius 1 is 1.21 bits per heavy atom. The molecule has 1 heterocycles. The number of carbonyl (C=O) groups is 1. The second-order valence-corrected chi connectivity index (χ2v) is 10.4. The molecule has 1 aliphatic rings. The number of benzene rings is 2. The summed E-state index contributed by atoms with van der Waals surface area (Å²) >= 11 is 0. The summed E-state index contributed by atoms with van der Waals surface area (Å²) in [6.45, 7) is 3.84. The van der Waals surface area contributed by atoms with E-state index in [1.165, 1.54) is 0 Å². The summed E-state index contributed by atoms with van der Waals surface area (Å²) in [5.74, 6) is -1.19. The van der Waals surface area contributed by atoms with Gasteiger partial charge in [-0.25, -0.2) is 8.42 Å². The number of nitrogens with two attached hydrogens (primary N) is 1. The number of amides is 1. The van der Waals surface area contributed by atoms with Crippen molar-refractivity contribution in [1.82, 2.24) is 0 Å². The monoisotopic (exact) mass is 417 g/mol. The van der Waals surface area contributed by atoms with Gasteiger partial charge in [0, 0.05) is 24.5 Å². The average Bonchev–Trinajstić information content (AvgIpc) is 2.69. The Balaban J connectivity index is 1.94. The molecule has 1 fully saturated rings. The van der Waals surface area contributed by atoms with E-state index in [9.17, 15) is 18.3 Å². The molecule has 156 valence electrons. The first kappa shape index (κ1) is 21.5. The van der Waals surface area contributed by atoms with Crippen LogP contribution in [0.25, 0.3) is 11.1 Å². The van der Waals surface area contributed by atoms with E-state index in [0.29, 0.717) is 29.7 Å². The molecule has 1 aliphatic heterocycles. The van der Waals surface area contributed by atoms with E-state index in [1.54, 1.807) is 38.1 Å². The molecule has 3 N–H and O–H groups in total. The van der Waals surface area contributed by atoms with Crippen LogP contribution < -0.4 is 5.73 Å². The quantitative estimate of drug-likeness (QED) is 0.751. The van der Waals surface area contributed by atoms with Gasteiger partial charge in [0.05, 0.1) is 23.2 Å². The van der Waals surface area contributed by atoms with Crippen LogP contribution in [0, 0.1) is 5.92 Å². The molecule has 0 bridgehead atoms. The Hall–Kier alpha value is -2.22. The summed E-state index contributed by atoms with van der Waals surface area (Å²) in [7, 11) is -3.33. The van der Waals surface area contributed by atoms with Crippen LogP contribution in [0.2, 0.25) is 0 Å². The summed E-state index contributed by atoms with van der Waals surface area (Å²) in [4.78, 5) is 11.7. The van der Waals surface area contributed by atoms with E-state index in [1.807, 2.05) is 24.3 Å². The number of hydrogen-bond acceptors (Lipinski definition) is 5. The van der Waals surface area contributed by atoms with Gasteiger partial charge in [-0.3, -0.25) is 4.79 Å². The second-order valence-electron chi connectivity index (χ2n) is 7.81.